The molecule has 12 nitrogen and oxygen atoms in total. The summed E-state index contributed by atoms with van der Waals surface area (Å²) in [5.74, 6) is 0.0507. The Kier molecular flexibility index (Phi) is 14.8. The number of hydrogen-bond donors (Lipinski definition) is 0. The number of ether oxygens (including phenoxy) is 8. The number of aryl methyl sites for hydroxylation is 1. The first-order chi connectivity index (χ1) is 28.9. The molecule has 6 fully saturated rings. The van der Waals surface area contributed by atoms with Crippen LogP contribution in [0.2, 0.25) is 0 Å². The van der Waals surface area contributed by atoms with Crippen LogP contribution in [0.3, 0.4) is 0 Å². The number of Topliss-reactive ketones (excluding diaryl/α,β-unsaturated/α-hetero) is 1. The minimum absolute atomic E-state index is 0. The van der Waals surface area contributed by atoms with Crippen LogP contribution in [0.4, 0.5) is 5.69 Å². The number of cyclic esters (lactones) is 1. The molecule has 8 rings (SSSR count). The summed E-state index contributed by atoms with van der Waals surface area (Å²) in [7, 11) is 9.22. The van der Waals surface area contributed by atoms with Gasteiger partial charge >= 0.3 is 5.97 Å². The van der Waals surface area contributed by atoms with Gasteiger partial charge in [0, 0.05) is 44.9 Å². The van der Waals surface area contributed by atoms with E-state index in [0.29, 0.717) is 18.4 Å². The van der Waals surface area contributed by atoms with E-state index >= 15 is 4.79 Å². The zero-order chi connectivity index (χ0) is 42.6. The Bertz CT molecular complexity index is 1690. The normalized spacial score (nSPS) is 43.8. The van der Waals surface area contributed by atoms with Gasteiger partial charge in [0.15, 0.2) is 18.4 Å². The van der Waals surface area contributed by atoms with E-state index in [1.54, 1.807) is 21.3 Å². The van der Waals surface area contributed by atoms with Crippen molar-refractivity contribution in [3.05, 3.63) is 41.5 Å². The van der Waals surface area contributed by atoms with Crippen molar-refractivity contribution in [3.63, 3.8) is 0 Å². The molecule has 0 aromatic heterocycles. The number of esters is 1. The summed E-state index contributed by atoms with van der Waals surface area (Å²) < 4.78 is 50.6. The molecule has 3 unspecified atom stereocenters. The third kappa shape index (κ3) is 9.00. The maximum absolute atomic E-state index is 15.2. The minimum atomic E-state index is -0.618. The van der Waals surface area contributed by atoms with Crippen molar-refractivity contribution in [3.8, 4) is 0 Å². The Balaban J connectivity index is 0.00000561. The summed E-state index contributed by atoms with van der Waals surface area (Å²) >= 11 is 0. The molecule has 0 spiro atoms. The number of likely N-dealkylation sites (N-methyl/N-ethyl adjacent to an activating group) is 1. The number of carbonyl (C=O) groups is 2. The average Bonchev–Trinajstić information content (AvgIpc) is 3.62. The van der Waals surface area contributed by atoms with Gasteiger partial charge in [0.1, 0.15) is 24.4 Å². The molecule has 0 amide bonds. The Labute approximate surface area is 365 Å². The average molecular weight is 853 g/mol. The van der Waals surface area contributed by atoms with Gasteiger partial charge in [0.25, 0.3) is 0 Å². The van der Waals surface area contributed by atoms with Crippen molar-refractivity contribution in [1.82, 2.24) is 4.90 Å². The van der Waals surface area contributed by atoms with Gasteiger partial charge in [0.2, 0.25) is 0 Å². The van der Waals surface area contributed by atoms with E-state index in [1.165, 1.54) is 11.3 Å². The molecule has 4 saturated heterocycles. The molecule has 19 atom stereocenters. The summed E-state index contributed by atoms with van der Waals surface area (Å²) in [6.07, 6.45) is 6.10. The highest BCUT2D eigenvalue weighted by Crippen LogP contribution is 2.65. The number of hydrogen-bond acceptors (Lipinski definition) is 12. The molecule has 3 aliphatic carbocycles. The Hall–Kier alpha value is -2.42. The number of rotatable bonds is 10. The quantitative estimate of drug-likeness (QED) is 0.176. The Morgan fingerprint density at radius 3 is 2.18 bits per heavy atom. The zero-order valence-electron chi connectivity index (χ0n) is 37.7. The lowest BCUT2D eigenvalue weighted by Crippen LogP contribution is -2.59. The third-order valence-corrected chi connectivity index (χ3v) is 15.7. The fraction of sp³-hybridized carbons (Fsp3) is 0.796. The van der Waals surface area contributed by atoms with Crippen LogP contribution in [0.1, 0.15) is 98.5 Å². The summed E-state index contributed by atoms with van der Waals surface area (Å²) in [5, 5.41) is 0. The predicted molar refractivity (Wildman–Crippen MR) is 233 cm³/mol. The molecule has 4 aliphatic heterocycles. The first-order valence-corrected chi connectivity index (χ1v) is 23.0. The van der Waals surface area contributed by atoms with E-state index in [-0.39, 0.29) is 116 Å². The van der Waals surface area contributed by atoms with Gasteiger partial charge in [-0.05, 0) is 128 Å². The minimum Gasteiger partial charge on any atom is -0.462 e. The third-order valence-electron chi connectivity index (χ3n) is 15.7. The summed E-state index contributed by atoms with van der Waals surface area (Å²) in [6, 6.07) is 9.61. The van der Waals surface area contributed by atoms with Crippen LogP contribution in [0, 0.1) is 42.4 Å². The number of benzene rings is 1. The molecular weight excluding hydrogens is 777 g/mol. The largest absolute Gasteiger partial charge is 0.462 e. The second-order valence-corrected chi connectivity index (χ2v) is 19.3. The molecule has 2 saturated carbocycles. The SMILES string of the molecule is C.CC[C@H]1CCC[C@H](O[C@H]2CC[C@H](N(C)C)C(C)O2)[C@@H](C)C(=O)C2=C[C@H]3[C@@H]4C[C@H](O[C@@H]5OC(C)[C@H](OC)C(OC)[C@@H]5OC)C[C@H]4[C@H]4[C@@H]([C@H]3[C@@H]2CC(=O)O1)N4c1ccc(C)cc1. The van der Waals surface area contributed by atoms with Crippen molar-refractivity contribution in [2.24, 2.45) is 35.5 Å². The number of allylic oxidation sites excluding steroid dienone is 2. The van der Waals surface area contributed by atoms with Gasteiger partial charge in [-0.1, -0.05) is 45.0 Å². The van der Waals surface area contributed by atoms with Crippen LogP contribution < -0.4 is 4.90 Å². The lowest BCUT2D eigenvalue weighted by atomic mass is 9.66. The highest BCUT2D eigenvalue weighted by Gasteiger charge is 2.69. The maximum atomic E-state index is 15.2. The zero-order valence-corrected chi connectivity index (χ0v) is 37.7. The van der Waals surface area contributed by atoms with Crippen molar-refractivity contribution in [1.29, 1.82) is 0 Å². The van der Waals surface area contributed by atoms with Gasteiger partial charge in [-0.25, -0.2) is 0 Å². The van der Waals surface area contributed by atoms with Gasteiger partial charge in [-0.2, -0.15) is 0 Å². The summed E-state index contributed by atoms with van der Waals surface area (Å²) in [4.78, 5) is 34.0. The van der Waals surface area contributed by atoms with E-state index in [0.717, 1.165) is 50.5 Å². The number of anilines is 1. The predicted octanol–water partition coefficient (Wildman–Crippen LogP) is 7.13. The van der Waals surface area contributed by atoms with E-state index < -0.39 is 12.4 Å². The van der Waals surface area contributed by atoms with Crippen LogP contribution in [-0.2, 0) is 47.5 Å². The Morgan fingerprint density at radius 2 is 1.52 bits per heavy atom. The lowest BCUT2D eigenvalue weighted by Gasteiger charge is -2.44. The smallest absolute Gasteiger partial charge is 0.306 e. The molecule has 1 aromatic carbocycles. The summed E-state index contributed by atoms with van der Waals surface area (Å²) in [5.41, 5.74) is 3.20. The fourth-order valence-corrected chi connectivity index (χ4v) is 12.7. The Morgan fingerprint density at radius 1 is 0.820 bits per heavy atom. The van der Waals surface area contributed by atoms with Gasteiger partial charge in [-0.3, -0.25) is 9.59 Å². The van der Waals surface area contributed by atoms with Crippen molar-refractivity contribution < 1.29 is 47.5 Å². The highest BCUT2D eigenvalue weighted by molar-refractivity contribution is 5.99. The molecule has 61 heavy (non-hydrogen) atoms. The first kappa shape index (κ1) is 46.6. The monoisotopic (exact) mass is 853 g/mol. The van der Waals surface area contributed by atoms with E-state index in [4.69, 9.17) is 37.9 Å². The molecule has 7 aliphatic rings. The molecular formula is C49H76N2O10. The number of ketones is 1. The molecule has 4 heterocycles. The molecule has 1 aromatic rings. The van der Waals surface area contributed by atoms with Crippen molar-refractivity contribution in [2.75, 3.05) is 40.3 Å². The maximum Gasteiger partial charge on any atom is 0.306 e. The molecule has 342 valence electrons. The van der Waals surface area contributed by atoms with Gasteiger partial charge < -0.3 is 47.7 Å². The van der Waals surface area contributed by atoms with Crippen LogP contribution in [-0.4, -0.2) is 132 Å². The number of nitrogens with zero attached hydrogens (tertiary/aromatic N) is 2. The molecule has 0 radical (unpaired) electrons. The van der Waals surface area contributed by atoms with Gasteiger partial charge in [0.05, 0.1) is 42.9 Å². The van der Waals surface area contributed by atoms with Crippen LogP contribution in [0.15, 0.2) is 35.9 Å². The van der Waals surface area contributed by atoms with Crippen molar-refractivity contribution in [2.45, 2.75) is 179 Å². The van der Waals surface area contributed by atoms with Crippen LogP contribution in [0.25, 0.3) is 0 Å². The van der Waals surface area contributed by atoms with Crippen LogP contribution >= 0.6 is 0 Å². The second kappa shape index (κ2) is 19.4. The lowest BCUT2D eigenvalue weighted by molar-refractivity contribution is -0.314. The van der Waals surface area contributed by atoms with E-state index in [1.807, 2.05) is 13.8 Å². The van der Waals surface area contributed by atoms with Crippen LogP contribution in [0.5, 0.6) is 0 Å². The highest BCUT2D eigenvalue weighted by atomic mass is 16.7. The topological polar surface area (TPSA) is 114 Å². The fourth-order valence-electron chi connectivity index (χ4n) is 12.7. The summed E-state index contributed by atoms with van der Waals surface area (Å²) in [6.45, 7) is 10.4. The van der Waals surface area contributed by atoms with Gasteiger partial charge in [-0.15, -0.1) is 0 Å². The number of methoxy groups -OCH3 is 3. The number of fused-ring (bicyclic) bond motifs is 8. The van der Waals surface area contributed by atoms with E-state index in [9.17, 15) is 4.79 Å². The number of carbonyl (C=O) groups excluding carboxylic acids is 2. The standard InChI is InChI=1S/C48H72N2O10.CH4/c1-11-30-13-12-14-38(60-40-20-19-37(49(6)7)27(4)56-40)26(3)44(52)36-23-33-32-21-31(59-48-47(55-10)46(54-9)45(53-8)28(5)57-48)22-35(32)42-43(41(33)34(36)24-39(51)58-30)50(42)29-17-15-25(2)16-18-29;/h15-18,23,26-28,30-35,37-38,40-43,45-48H,11-14,19-22,24H2,1-10H3;1H4/t26-,27?,28?,30+,31+,32+,33+,34-,35-,37+,38+,40+,41-,42+,43-,45+,46?,47+,48+,50?;/m1./s1. The molecule has 12 heteroatoms. The van der Waals surface area contributed by atoms with Crippen molar-refractivity contribution >= 4 is 17.4 Å². The first-order valence-electron chi connectivity index (χ1n) is 23.0. The van der Waals surface area contributed by atoms with E-state index in [2.05, 4.69) is 75.0 Å². The molecule has 0 N–H and O–H groups in total. The second-order valence-electron chi connectivity index (χ2n) is 19.3. The molecule has 0 bridgehead atoms.